The number of nitrogens with zero attached hydrogens (tertiary/aromatic N) is 1. The fourth-order valence-corrected chi connectivity index (χ4v) is 4.92. The van der Waals surface area contributed by atoms with Gasteiger partial charge in [0.15, 0.2) is 5.17 Å². The number of benzene rings is 1. The van der Waals surface area contributed by atoms with Crippen LogP contribution in [0.2, 0.25) is 0 Å². The third-order valence-corrected chi connectivity index (χ3v) is 6.05. The molecule has 2 heterocycles. The summed E-state index contributed by atoms with van der Waals surface area (Å²) in [6.07, 6.45) is 3.25. The zero-order chi connectivity index (χ0) is 18.9. The van der Waals surface area contributed by atoms with Gasteiger partial charge in [0, 0.05) is 47.8 Å². The fourth-order valence-electron chi connectivity index (χ4n) is 3.82. The Labute approximate surface area is 155 Å². The van der Waals surface area contributed by atoms with Crippen molar-refractivity contribution in [2.75, 3.05) is 13.7 Å². The Morgan fingerprint density at radius 3 is 2.92 bits per heavy atom. The predicted molar refractivity (Wildman–Crippen MR) is 100 cm³/mol. The van der Waals surface area contributed by atoms with Crippen molar-refractivity contribution in [3.63, 3.8) is 0 Å². The summed E-state index contributed by atoms with van der Waals surface area (Å²) in [4.78, 5) is 4.59. The highest BCUT2D eigenvalue weighted by Gasteiger charge is 2.52. The molecule has 0 aliphatic carbocycles. The van der Waals surface area contributed by atoms with Gasteiger partial charge in [-0.05, 0) is 12.5 Å². The number of amidine groups is 1. The minimum absolute atomic E-state index is 0.0706. The molecule has 8 heteroatoms. The van der Waals surface area contributed by atoms with Gasteiger partial charge in [-0.1, -0.05) is 24.8 Å². The van der Waals surface area contributed by atoms with E-state index in [9.17, 15) is 8.78 Å². The number of hydrogen-bond donors (Lipinski definition) is 3. The highest BCUT2D eigenvalue weighted by Crippen LogP contribution is 2.50. The van der Waals surface area contributed by atoms with Gasteiger partial charge in [-0.15, -0.1) is 0 Å². The maximum Gasteiger partial charge on any atom is 0.155 e. The molecule has 1 saturated heterocycles. The lowest BCUT2D eigenvalue weighted by molar-refractivity contribution is -0.0431. The molecule has 26 heavy (non-hydrogen) atoms. The van der Waals surface area contributed by atoms with Gasteiger partial charge >= 0.3 is 0 Å². The molecule has 0 saturated carbocycles. The summed E-state index contributed by atoms with van der Waals surface area (Å²) in [5.74, 6) is -1.35. The predicted octanol–water partition coefficient (Wildman–Crippen LogP) is 2.77. The van der Waals surface area contributed by atoms with Crippen LogP contribution in [0.5, 0.6) is 0 Å². The van der Waals surface area contributed by atoms with Gasteiger partial charge in [0.2, 0.25) is 0 Å². The number of aliphatic imine (C=N–C) groups is 1. The number of fused-ring (bicyclic) bond motifs is 1. The Morgan fingerprint density at radius 1 is 1.50 bits per heavy atom. The molecule has 0 spiro atoms. The molecule has 140 valence electrons. The van der Waals surface area contributed by atoms with Crippen molar-refractivity contribution in [3.05, 3.63) is 47.2 Å². The first kappa shape index (κ1) is 18.8. The summed E-state index contributed by atoms with van der Waals surface area (Å²) in [6, 6.07) is 3.54. The number of ether oxygens (including phenoxy) is 1. The number of thioether (sulfide) groups is 1. The minimum atomic E-state index is -0.990. The van der Waals surface area contributed by atoms with Crippen LogP contribution in [0, 0.1) is 23.0 Å². The van der Waals surface area contributed by atoms with E-state index in [-0.39, 0.29) is 23.9 Å². The lowest BCUT2D eigenvalue weighted by atomic mass is 9.72. The van der Waals surface area contributed by atoms with Crippen molar-refractivity contribution in [2.24, 2.45) is 16.6 Å². The molecule has 3 rings (SSSR count). The van der Waals surface area contributed by atoms with Gasteiger partial charge in [-0.3, -0.25) is 0 Å². The first-order chi connectivity index (χ1) is 12.4. The Hall–Kier alpha value is -1.93. The first-order valence-electron chi connectivity index (χ1n) is 8.38. The molecular weight excluding hydrogens is 358 g/mol. The molecule has 0 aromatic heterocycles. The van der Waals surface area contributed by atoms with E-state index in [0.717, 1.165) is 6.07 Å². The van der Waals surface area contributed by atoms with Crippen molar-refractivity contribution in [3.8, 4) is 0 Å². The molecule has 5 nitrogen and oxygen atoms in total. The smallest absolute Gasteiger partial charge is 0.155 e. The van der Waals surface area contributed by atoms with Crippen molar-refractivity contribution >= 4 is 23.1 Å². The Kier molecular flexibility index (Phi) is 5.34. The maximum absolute atomic E-state index is 14.6. The van der Waals surface area contributed by atoms with Gasteiger partial charge in [-0.25, -0.2) is 13.8 Å². The van der Waals surface area contributed by atoms with Crippen molar-refractivity contribution < 1.29 is 13.5 Å². The Bertz CT molecular complexity index is 770. The van der Waals surface area contributed by atoms with Crippen LogP contribution < -0.4 is 11.1 Å². The second kappa shape index (κ2) is 7.36. The molecule has 0 unspecified atom stereocenters. The Balaban J connectivity index is 2.05. The van der Waals surface area contributed by atoms with Gasteiger partial charge in [0.25, 0.3) is 0 Å². The summed E-state index contributed by atoms with van der Waals surface area (Å²) in [5, 5.41) is 11.0. The third-order valence-electron chi connectivity index (χ3n) is 5.02. The molecule has 0 amide bonds. The second-order valence-electron chi connectivity index (χ2n) is 6.54. The third kappa shape index (κ3) is 3.23. The molecule has 0 bridgehead atoms. The van der Waals surface area contributed by atoms with E-state index in [1.165, 1.54) is 30.1 Å². The van der Waals surface area contributed by atoms with E-state index in [4.69, 9.17) is 15.9 Å². The topological polar surface area (TPSA) is 83.5 Å². The molecule has 2 aliphatic rings. The van der Waals surface area contributed by atoms with Gasteiger partial charge in [-0.2, -0.15) is 0 Å². The monoisotopic (exact) mass is 380 g/mol. The van der Waals surface area contributed by atoms with E-state index in [2.05, 4.69) is 10.3 Å². The van der Waals surface area contributed by atoms with Crippen LogP contribution in [0.1, 0.15) is 18.9 Å². The van der Waals surface area contributed by atoms with E-state index in [1.54, 1.807) is 13.2 Å². The van der Waals surface area contributed by atoms with Gasteiger partial charge in [0.1, 0.15) is 17.2 Å². The van der Waals surface area contributed by atoms with E-state index in [0.29, 0.717) is 22.7 Å². The van der Waals surface area contributed by atoms with E-state index < -0.39 is 17.2 Å². The minimum Gasteiger partial charge on any atom is -0.394 e. The normalized spacial score (nSPS) is 31.8. The highest BCUT2D eigenvalue weighted by molar-refractivity contribution is 8.14. The van der Waals surface area contributed by atoms with Gasteiger partial charge < -0.3 is 21.2 Å². The summed E-state index contributed by atoms with van der Waals surface area (Å²) < 4.78 is 34.0. The number of nitrogens with one attached hydrogen (secondary N) is 2. The van der Waals surface area contributed by atoms with Crippen LogP contribution in [0.15, 0.2) is 35.0 Å². The maximum atomic E-state index is 14.6. The molecule has 2 aliphatic heterocycles. The summed E-state index contributed by atoms with van der Waals surface area (Å²) in [7, 11) is 1.76. The fraction of sp³-hybridized carbons (Fsp3) is 0.444. The number of halogens is 2. The van der Waals surface area contributed by atoms with Crippen LogP contribution in [-0.2, 0) is 10.3 Å². The molecule has 4 atom stereocenters. The van der Waals surface area contributed by atoms with E-state index in [1.807, 2.05) is 6.92 Å². The number of nitrogens with two attached hydrogens (primary N) is 1. The molecule has 4 N–H and O–H groups in total. The molecular formula is C18H22F2N4OS. The molecule has 1 fully saturated rings. The van der Waals surface area contributed by atoms with Crippen LogP contribution in [0.25, 0.3) is 0 Å². The zero-order valence-electron chi connectivity index (χ0n) is 14.6. The van der Waals surface area contributed by atoms with Crippen molar-refractivity contribution in [1.29, 1.82) is 5.41 Å². The Morgan fingerprint density at radius 2 is 2.27 bits per heavy atom. The molecule has 1 aromatic carbocycles. The molecule has 1 aromatic rings. The summed E-state index contributed by atoms with van der Waals surface area (Å²) in [5.41, 5.74) is 6.02. The summed E-state index contributed by atoms with van der Waals surface area (Å²) in [6.45, 7) is 2.15. The highest BCUT2D eigenvalue weighted by atomic mass is 32.2. The quantitative estimate of drug-likeness (QED) is 0.702. The average molecular weight is 380 g/mol. The van der Waals surface area contributed by atoms with E-state index >= 15 is 0 Å². The lowest BCUT2D eigenvalue weighted by Gasteiger charge is -2.49. The first-order valence-corrected chi connectivity index (χ1v) is 9.26. The second-order valence-corrected chi connectivity index (χ2v) is 7.94. The summed E-state index contributed by atoms with van der Waals surface area (Å²) >= 11 is 1.45. The van der Waals surface area contributed by atoms with Crippen LogP contribution >= 0.6 is 11.8 Å². The van der Waals surface area contributed by atoms with Gasteiger partial charge in [0.05, 0.1) is 12.7 Å². The van der Waals surface area contributed by atoms with Crippen LogP contribution in [0.4, 0.5) is 8.78 Å². The SMILES string of the molecule is CN/C=C(\C=N)[C@H]1C[C@H]2[C@@H](C)SC(N)=N[C@@]2(c2ccc(F)cc2F)CO1. The number of hydrogen-bond acceptors (Lipinski definition) is 6. The van der Waals surface area contributed by atoms with Crippen LogP contribution in [0.3, 0.4) is 0 Å². The average Bonchev–Trinajstić information content (AvgIpc) is 2.59. The van der Waals surface area contributed by atoms with Crippen LogP contribution in [-0.4, -0.2) is 36.4 Å². The van der Waals surface area contributed by atoms with Crippen molar-refractivity contribution in [1.82, 2.24) is 5.32 Å². The van der Waals surface area contributed by atoms with Crippen molar-refractivity contribution in [2.45, 2.75) is 30.2 Å². The standard InChI is InChI=1S/C18H22F2N4OS/c1-10-14-6-16(11(7-21)8-23-2)25-9-18(14,24-17(22)26-10)13-4-3-12(19)5-15(13)20/h3-5,7-8,10,14,16,21,23H,6,9H2,1-2H3,(H2,22,24)/b11-8+,21-7?/t10-,14+,16-,18-/m1/s1. The largest absolute Gasteiger partial charge is 0.394 e. The number of rotatable bonds is 4. The molecule has 0 radical (unpaired) electrons. The lowest BCUT2D eigenvalue weighted by Crippen LogP contribution is -2.53. The zero-order valence-corrected chi connectivity index (χ0v) is 15.4.